The lowest BCUT2D eigenvalue weighted by atomic mass is 10.1. The average molecular weight is 525 g/mol. The summed E-state index contributed by atoms with van der Waals surface area (Å²) in [5.41, 5.74) is 2.52. The van der Waals surface area contributed by atoms with Gasteiger partial charge >= 0.3 is 0 Å². The Morgan fingerprint density at radius 2 is 1.61 bits per heavy atom. The maximum Gasteiger partial charge on any atom is 0.252 e. The number of carbonyl (C=O) groups is 1. The summed E-state index contributed by atoms with van der Waals surface area (Å²) in [4.78, 5) is 12.4. The first-order valence-corrected chi connectivity index (χ1v) is 9.48. The topological polar surface area (TPSA) is 41.1 Å². The molecule has 0 fully saturated rings. The molecule has 2 N–H and O–H groups in total. The van der Waals surface area contributed by atoms with Crippen LogP contribution in [0.3, 0.4) is 0 Å². The van der Waals surface area contributed by atoms with Crippen molar-refractivity contribution in [1.82, 2.24) is 5.32 Å². The minimum Gasteiger partial charge on any atom is -0.363 e. The zero-order chi connectivity index (χ0) is 17.0. The second kappa shape index (κ2) is 8.01. The third-order valence-corrected chi connectivity index (χ3v) is 4.70. The molecule has 122 valence electrons. The molecule has 7 heteroatoms. The van der Waals surface area contributed by atoms with E-state index < -0.39 is 8.31 Å². The van der Waals surface area contributed by atoms with E-state index in [0.717, 1.165) is 11.3 Å². The van der Waals surface area contributed by atoms with Crippen LogP contribution in [0.15, 0.2) is 48.5 Å². The summed E-state index contributed by atoms with van der Waals surface area (Å²) in [5, 5.41) is 6.81. The molecule has 0 aromatic heterocycles. The summed E-state index contributed by atoms with van der Waals surface area (Å²) >= 11 is 16.3. The maximum atomic E-state index is 12.4. The molecule has 23 heavy (non-hydrogen) atoms. The number of amides is 1. The highest BCUT2D eigenvalue weighted by atomic mass is 80.0. The van der Waals surface area contributed by atoms with E-state index in [9.17, 15) is 4.79 Å². The van der Waals surface area contributed by atoms with Gasteiger partial charge in [0.25, 0.3) is 5.91 Å². The standard InChI is InChI=1S/C16H14Br3ClN2O/c1-10-2-4-11(5-3-10)14(23)22-15(16(17,18)19)21-13-8-6-12(20)7-9-13/h2-9,15,21H,1H3,(H,22,23). The highest BCUT2D eigenvalue weighted by Crippen LogP contribution is 2.37. The van der Waals surface area contributed by atoms with E-state index in [4.69, 9.17) is 11.6 Å². The van der Waals surface area contributed by atoms with Crippen molar-refractivity contribution in [2.45, 2.75) is 15.2 Å². The Morgan fingerprint density at radius 1 is 1.04 bits per heavy atom. The highest BCUT2D eigenvalue weighted by molar-refractivity contribution is 9.39. The van der Waals surface area contributed by atoms with Gasteiger partial charge in [0.15, 0.2) is 2.14 Å². The van der Waals surface area contributed by atoms with Crippen molar-refractivity contribution in [3.05, 3.63) is 64.7 Å². The number of aryl methyl sites for hydroxylation is 1. The van der Waals surface area contributed by atoms with Crippen molar-refractivity contribution < 1.29 is 4.79 Å². The number of carbonyl (C=O) groups excluding carboxylic acids is 1. The summed E-state index contributed by atoms with van der Waals surface area (Å²) in [5.74, 6) is -0.181. The molecular weight excluding hydrogens is 511 g/mol. The third-order valence-electron chi connectivity index (χ3n) is 3.07. The maximum absolute atomic E-state index is 12.4. The molecule has 1 amide bonds. The lowest BCUT2D eigenvalue weighted by Crippen LogP contribution is -2.48. The second-order valence-electron chi connectivity index (χ2n) is 4.97. The normalized spacial score (nSPS) is 12.6. The van der Waals surface area contributed by atoms with Gasteiger partial charge in [0.1, 0.15) is 6.17 Å². The van der Waals surface area contributed by atoms with Crippen molar-refractivity contribution in [2.24, 2.45) is 0 Å². The number of rotatable bonds is 4. The summed E-state index contributed by atoms with van der Waals surface area (Å²) in [7, 11) is 0. The van der Waals surface area contributed by atoms with Gasteiger partial charge in [-0.05, 0) is 43.3 Å². The van der Waals surface area contributed by atoms with E-state index in [0.29, 0.717) is 10.6 Å². The minimum atomic E-state index is -0.715. The molecule has 0 saturated heterocycles. The fourth-order valence-electron chi connectivity index (χ4n) is 1.83. The van der Waals surface area contributed by atoms with Crippen molar-refractivity contribution in [1.29, 1.82) is 0 Å². The monoisotopic (exact) mass is 522 g/mol. The van der Waals surface area contributed by atoms with E-state index in [1.165, 1.54) is 0 Å². The first kappa shape index (κ1) is 18.8. The van der Waals surface area contributed by atoms with Gasteiger partial charge in [0.2, 0.25) is 0 Å². The summed E-state index contributed by atoms with van der Waals surface area (Å²) < 4.78 is -0.715. The SMILES string of the molecule is Cc1ccc(C(=O)NC(Nc2ccc(Cl)cc2)C(Br)(Br)Br)cc1. The van der Waals surface area contributed by atoms with Crippen LogP contribution in [-0.2, 0) is 0 Å². The number of alkyl halides is 3. The van der Waals surface area contributed by atoms with Gasteiger partial charge in [-0.1, -0.05) is 77.1 Å². The number of hydrogen-bond acceptors (Lipinski definition) is 2. The van der Waals surface area contributed by atoms with Gasteiger partial charge in [0, 0.05) is 16.3 Å². The van der Waals surface area contributed by atoms with Crippen LogP contribution in [0.4, 0.5) is 5.69 Å². The molecule has 2 aromatic rings. The largest absolute Gasteiger partial charge is 0.363 e. The van der Waals surface area contributed by atoms with E-state index in [1.54, 1.807) is 24.3 Å². The quantitative estimate of drug-likeness (QED) is 0.400. The van der Waals surface area contributed by atoms with Crippen molar-refractivity contribution in [3.63, 3.8) is 0 Å². The molecule has 1 unspecified atom stereocenters. The van der Waals surface area contributed by atoms with Crippen LogP contribution in [-0.4, -0.2) is 14.2 Å². The molecule has 0 radical (unpaired) electrons. The van der Waals surface area contributed by atoms with E-state index in [-0.39, 0.29) is 5.91 Å². The predicted octanol–water partition coefficient (Wildman–Crippen LogP) is 5.65. The molecule has 0 heterocycles. The van der Waals surface area contributed by atoms with Crippen LogP contribution in [0.1, 0.15) is 15.9 Å². The van der Waals surface area contributed by atoms with Gasteiger partial charge in [-0.3, -0.25) is 4.79 Å². The molecule has 1 atom stereocenters. The van der Waals surface area contributed by atoms with Crippen molar-refractivity contribution >= 4 is 71.0 Å². The Balaban J connectivity index is 2.14. The van der Waals surface area contributed by atoms with Gasteiger partial charge < -0.3 is 10.6 Å². The number of hydrogen-bond donors (Lipinski definition) is 2. The Hall–Kier alpha value is -0.560. The fourth-order valence-corrected chi connectivity index (χ4v) is 2.64. The molecule has 0 aliphatic rings. The lowest BCUT2D eigenvalue weighted by Gasteiger charge is -2.28. The smallest absolute Gasteiger partial charge is 0.252 e. The third kappa shape index (κ3) is 5.78. The molecule has 0 aliphatic heterocycles. The number of halogens is 4. The zero-order valence-electron chi connectivity index (χ0n) is 12.1. The predicted molar refractivity (Wildman–Crippen MR) is 107 cm³/mol. The van der Waals surface area contributed by atoms with Gasteiger partial charge in [-0.15, -0.1) is 0 Å². The zero-order valence-corrected chi connectivity index (χ0v) is 17.6. The Kier molecular flexibility index (Phi) is 6.54. The van der Waals surface area contributed by atoms with Crippen LogP contribution in [0.5, 0.6) is 0 Å². The van der Waals surface area contributed by atoms with Crippen molar-refractivity contribution in [3.8, 4) is 0 Å². The van der Waals surface area contributed by atoms with E-state index in [2.05, 4.69) is 58.4 Å². The van der Waals surface area contributed by atoms with Crippen LogP contribution < -0.4 is 10.6 Å². The Morgan fingerprint density at radius 3 is 2.13 bits per heavy atom. The molecular formula is C16H14Br3ClN2O. The number of anilines is 1. The van der Waals surface area contributed by atoms with E-state index >= 15 is 0 Å². The first-order valence-electron chi connectivity index (χ1n) is 6.72. The molecule has 2 rings (SSSR count). The summed E-state index contributed by atoms with van der Waals surface area (Å²) in [6.07, 6.45) is -0.461. The molecule has 0 aliphatic carbocycles. The van der Waals surface area contributed by atoms with Gasteiger partial charge in [-0.2, -0.15) is 0 Å². The van der Waals surface area contributed by atoms with Crippen LogP contribution in [0.25, 0.3) is 0 Å². The van der Waals surface area contributed by atoms with Crippen LogP contribution in [0.2, 0.25) is 5.02 Å². The Bertz CT molecular complexity index is 669. The Labute approximate surface area is 165 Å². The van der Waals surface area contributed by atoms with Crippen LogP contribution in [0, 0.1) is 6.92 Å². The van der Waals surface area contributed by atoms with Gasteiger partial charge in [0.05, 0.1) is 0 Å². The minimum absolute atomic E-state index is 0.181. The molecule has 0 saturated carbocycles. The van der Waals surface area contributed by atoms with Crippen LogP contribution >= 0.6 is 59.4 Å². The molecule has 0 bridgehead atoms. The summed E-state index contributed by atoms with van der Waals surface area (Å²) in [6.45, 7) is 1.98. The lowest BCUT2D eigenvalue weighted by molar-refractivity contribution is 0.0943. The second-order valence-corrected chi connectivity index (χ2v) is 12.3. The number of nitrogens with one attached hydrogen (secondary N) is 2. The summed E-state index contributed by atoms with van der Waals surface area (Å²) in [6, 6.07) is 14.6. The molecule has 3 nitrogen and oxygen atoms in total. The highest BCUT2D eigenvalue weighted by Gasteiger charge is 2.32. The first-order chi connectivity index (χ1) is 10.8. The fraction of sp³-hybridized carbons (Fsp3) is 0.188. The molecule has 2 aromatic carbocycles. The van der Waals surface area contributed by atoms with E-state index in [1.807, 2.05) is 31.2 Å². The van der Waals surface area contributed by atoms with Crippen molar-refractivity contribution in [2.75, 3.05) is 5.32 Å². The number of benzene rings is 2. The van der Waals surface area contributed by atoms with Gasteiger partial charge in [-0.25, -0.2) is 0 Å². The average Bonchev–Trinajstić information content (AvgIpc) is 2.48. The molecule has 0 spiro atoms.